The van der Waals surface area contributed by atoms with Crippen LogP contribution in [0.4, 0.5) is 0 Å². The van der Waals surface area contributed by atoms with Crippen LogP contribution in [-0.4, -0.2) is 24.0 Å². The van der Waals surface area contributed by atoms with Gasteiger partial charge in [0.2, 0.25) is 0 Å². The van der Waals surface area contributed by atoms with Crippen molar-refractivity contribution in [3.8, 4) is 0 Å². The van der Waals surface area contributed by atoms with Gasteiger partial charge in [0.15, 0.2) is 0 Å². The lowest BCUT2D eigenvalue weighted by molar-refractivity contribution is 0.197. The summed E-state index contributed by atoms with van der Waals surface area (Å²) in [5, 5.41) is 0. The number of rotatable bonds is 5. The Labute approximate surface area is 118 Å². The molecule has 1 aromatic rings. The normalized spacial score (nSPS) is 21.3. The molecule has 0 saturated carbocycles. The van der Waals surface area contributed by atoms with E-state index < -0.39 is 0 Å². The highest BCUT2D eigenvalue weighted by Gasteiger charge is 2.19. The zero-order chi connectivity index (χ0) is 13.5. The van der Waals surface area contributed by atoms with Crippen molar-refractivity contribution in [2.75, 3.05) is 13.1 Å². The molecule has 2 heteroatoms. The van der Waals surface area contributed by atoms with Crippen molar-refractivity contribution < 1.29 is 0 Å². The first-order chi connectivity index (χ1) is 9.35. The van der Waals surface area contributed by atoms with E-state index >= 15 is 0 Å². The van der Waals surface area contributed by atoms with Crippen molar-refractivity contribution >= 4 is 0 Å². The maximum atomic E-state index is 5.82. The van der Waals surface area contributed by atoms with Gasteiger partial charge in [-0.15, -0.1) is 0 Å². The molecule has 2 nitrogen and oxygen atoms in total. The van der Waals surface area contributed by atoms with E-state index in [9.17, 15) is 0 Å². The Kier molecular flexibility index (Phi) is 5.87. The maximum absolute atomic E-state index is 5.82. The van der Waals surface area contributed by atoms with Crippen LogP contribution in [0.2, 0.25) is 0 Å². The van der Waals surface area contributed by atoms with Gasteiger partial charge in [-0.1, -0.05) is 44.0 Å². The number of likely N-dealkylation sites (tertiary alicyclic amines) is 1. The fourth-order valence-electron chi connectivity index (χ4n) is 3.26. The van der Waals surface area contributed by atoms with Crippen molar-refractivity contribution in [2.24, 2.45) is 5.73 Å². The van der Waals surface area contributed by atoms with Crippen LogP contribution >= 0.6 is 0 Å². The zero-order valence-electron chi connectivity index (χ0n) is 12.3. The molecule has 1 atom stereocenters. The van der Waals surface area contributed by atoms with E-state index in [1.165, 1.54) is 56.3 Å². The average molecular weight is 260 g/mol. The van der Waals surface area contributed by atoms with E-state index in [4.69, 9.17) is 5.73 Å². The van der Waals surface area contributed by atoms with Gasteiger partial charge in [0.25, 0.3) is 0 Å². The minimum Gasteiger partial charge on any atom is -0.326 e. The minimum atomic E-state index is 0.660. The van der Waals surface area contributed by atoms with E-state index in [1.54, 1.807) is 0 Å². The van der Waals surface area contributed by atoms with Crippen LogP contribution in [-0.2, 0) is 13.0 Å². The monoisotopic (exact) mass is 260 g/mol. The third-order valence-corrected chi connectivity index (χ3v) is 4.48. The van der Waals surface area contributed by atoms with Crippen molar-refractivity contribution in [1.29, 1.82) is 0 Å². The highest BCUT2D eigenvalue weighted by atomic mass is 15.1. The van der Waals surface area contributed by atoms with Gasteiger partial charge in [0.1, 0.15) is 0 Å². The predicted octanol–water partition coefficient (Wildman–Crippen LogP) is 3.34. The van der Waals surface area contributed by atoms with Crippen LogP contribution in [0.15, 0.2) is 24.3 Å². The second-order valence-electron chi connectivity index (χ2n) is 5.67. The number of nitrogens with zero attached hydrogens (tertiary/aromatic N) is 1. The van der Waals surface area contributed by atoms with Gasteiger partial charge in [-0.05, 0) is 43.4 Å². The highest BCUT2D eigenvalue weighted by Crippen LogP contribution is 2.20. The summed E-state index contributed by atoms with van der Waals surface area (Å²) in [6.07, 6.45) is 8.01. The van der Waals surface area contributed by atoms with Gasteiger partial charge in [-0.3, -0.25) is 0 Å². The standard InChI is InChI=1S/C17H28N2/c1-2-17-10-4-3-7-12-19(17)13-11-15-8-5-6-9-16(15)14-18/h5-6,8-9,17H,2-4,7,10-14,18H2,1H3. The Bertz CT molecular complexity index is 375. The maximum Gasteiger partial charge on any atom is 0.0180 e. The molecule has 1 heterocycles. The fourth-order valence-corrected chi connectivity index (χ4v) is 3.26. The van der Waals surface area contributed by atoms with Crippen LogP contribution in [0, 0.1) is 0 Å². The number of nitrogens with two attached hydrogens (primary N) is 1. The van der Waals surface area contributed by atoms with Gasteiger partial charge in [-0.25, -0.2) is 0 Å². The lowest BCUT2D eigenvalue weighted by Gasteiger charge is -2.29. The quantitative estimate of drug-likeness (QED) is 0.880. The molecule has 19 heavy (non-hydrogen) atoms. The molecule has 0 spiro atoms. The molecule has 2 rings (SSSR count). The van der Waals surface area contributed by atoms with Crippen LogP contribution in [0.1, 0.15) is 50.2 Å². The van der Waals surface area contributed by atoms with Crippen LogP contribution in [0.25, 0.3) is 0 Å². The van der Waals surface area contributed by atoms with Gasteiger partial charge < -0.3 is 10.6 Å². The third kappa shape index (κ3) is 4.05. The first kappa shape index (κ1) is 14.5. The van der Waals surface area contributed by atoms with E-state index in [0.717, 1.165) is 12.5 Å². The van der Waals surface area contributed by atoms with E-state index in [2.05, 4.69) is 36.1 Å². The first-order valence-corrected chi connectivity index (χ1v) is 7.86. The topological polar surface area (TPSA) is 29.3 Å². The molecule has 1 unspecified atom stereocenters. The van der Waals surface area contributed by atoms with Crippen molar-refractivity contribution in [3.63, 3.8) is 0 Å². The Morgan fingerprint density at radius 3 is 2.68 bits per heavy atom. The number of hydrogen-bond donors (Lipinski definition) is 1. The summed E-state index contributed by atoms with van der Waals surface area (Å²) < 4.78 is 0. The molecule has 0 bridgehead atoms. The fraction of sp³-hybridized carbons (Fsp3) is 0.647. The highest BCUT2D eigenvalue weighted by molar-refractivity contribution is 5.27. The van der Waals surface area contributed by atoms with E-state index in [0.29, 0.717) is 6.54 Å². The van der Waals surface area contributed by atoms with Crippen molar-refractivity contribution in [3.05, 3.63) is 35.4 Å². The SMILES string of the molecule is CCC1CCCCCN1CCc1ccccc1CN. The summed E-state index contributed by atoms with van der Waals surface area (Å²) in [5.41, 5.74) is 8.57. The third-order valence-electron chi connectivity index (χ3n) is 4.48. The number of benzene rings is 1. The molecule has 1 fully saturated rings. The molecular weight excluding hydrogens is 232 g/mol. The molecule has 106 valence electrons. The average Bonchev–Trinajstić information content (AvgIpc) is 2.70. The molecule has 1 aliphatic heterocycles. The molecule has 2 N–H and O–H groups in total. The summed E-state index contributed by atoms with van der Waals surface area (Å²) in [6, 6.07) is 9.42. The minimum absolute atomic E-state index is 0.660. The molecule has 0 amide bonds. The lowest BCUT2D eigenvalue weighted by Crippen LogP contribution is -2.36. The van der Waals surface area contributed by atoms with E-state index in [1.807, 2.05) is 0 Å². The Balaban J connectivity index is 1.95. The van der Waals surface area contributed by atoms with Gasteiger partial charge in [0.05, 0.1) is 0 Å². The Hall–Kier alpha value is -0.860. The number of hydrogen-bond acceptors (Lipinski definition) is 2. The molecule has 1 saturated heterocycles. The summed E-state index contributed by atoms with van der Waals surface area (Å²) in [5.74, 6) is 0. The van der Waals surface area contributed by atoms with Crippen LogP contribution in [0.3, 0.4) is 0 Å². The largest absolute Gasteiger partial charge is 0.326 e. The second-order valence-corrected chi connectivity index (χ2v) is 5.67. The second kappa shape index (κ2) is 7.66. The molecule has 1 aliphatic rings. The summed E-state index contributed by atoms with van der Waals surface area (Å²) in [6.45, 7) is 5.46. The smallest absolute Gasteiger partial charge is 0.0180 e. The molecule has 0 aliphatic carbocycles. The zero-order valence-corrected chi connectivity index (χ0v) is 12.3. The van der Waals surface area contributed by atoms with Crippen LogP contribution in [0.5, 0.6) is 0 Å². The summed E-state index contributed by atoms with van der Waals surface area (Å²) in [7, 11) is 0. The predicted molar refractivity (Wildman–Crippen MR) is 82.2 cm³/mol. The van der Waals surface area contributed by atoms with Gasteiger partial charge >= 0.3 is 0 Å². The molecular formula is C17H28N2. The first-order valence-electron chi connectivity index (χ1n) is 7.86. The molecule has 0 aromatic heterocycles. The van der Waals surface area contributed by atoms with E-state index in [-0.39, 0.29) is 0 Å². The van der Waals surface area contributed by atoms with Gasteiger partial charge in [0, 0.05) is 19.1 Å². The lowest BCUT2D eigenvalue weighted by atomic mass is 10.0. The van der Waals surface area contributed by atoms with Crippen molar-refractivity contribution in [1.82, 2.24) is 4.90 Å². The molecule has 0 radical (unpaired) electrons. The summed E-state index contributed by atoms with van der Waals surface area (Å²) >= 11 is 0. The Morgan fingerprint density at radius 1 is 1.16 bits per heavy atom. The molecule has 1 aromatic carbocycles. The van der Waals surface area contributed by atoms with Crippen LogP contribution < -0.4 is 5.73 Å². The van der Waals surface area contributed by atoms with Gasteiger partial charge in [-0.2, -0.15) is 0 Å². The Morgan fingerprint density at radius 2 is 1.95 bits per heavy atom. The summed E-state index contributed by atoms with van der Waals surface area (Å²) in [4.78, 5) is 2.71. The van der Waals surface area contributed by atoms with Crippen molar-refractivity contribution in [2.45, 2.75) is 58.0 Å².